The maximum absolute atomic E-state index is 8.72. The molecular formula is C10H17N3. The topological polar surface area (TPSA) is 39.1 Å². The predicted octanol–water partition coefficient (Wildman–Crippen LogP) is 1.30. The van der Waals surface area contributed by atoms with Crippen LogP contribution in [0.15, 0.2) is 11.9 Å². The monoisotopic (exact) mass is 179 g/mol. The van der Waals surface area contributed by atoms with E-state index in [2.05, 4.69) is 23.2 Å². The average molecular weight is 179 g/mol. The molecule has 0 bridgehead atoms. The molecule has 0 amide bonds. The summed E-state index contributed by atoms with van der Waals surface area (Å²) in [7, 11) is 1.91. The predicted molar refractivity (Wildman–Crippen MR) is 52.7 cm³/mol. The van der Waals surface area contributed by atoms with Gasteiger partial charge in [-0.3, -0.25) is 0 Å². The number of hydrogen-bond acceptors (Lipinski definition) is 3. The maximum atomic E-state index is 8.72. The molecular weight excluding hydrogens is 162 g/mol. The standard InChI is InChI=1S/C10H17N3/c1-9(8-12-2)13-5-3-10(7-11)4-6-13/h8,10,12H,3-6H2,1-2H3/b9-8+. The van der Waals surface area contributed by atoms with E-state index in [0.29, 0.717) is 0 Å². The molecule has 0 atom stereocenters. The number of allylic oxidation sites excluding steroid dienone is 1. The quantitative estimate of drug-likeness (QED) is 0.694. The van der Waals surface area contributed by atoms with Crippen molar-refractivity contribution < 1.29 is 0 Å². The van der Waals surface area contributed by atoms with Crippen LogP contribution in [0.5, 0.6) is 0 Å². The lowest BCUT2D eigenvalue weighted by Gasteiger charge is -2.31. The summed E-state index contributed by atoms with van der Waals surface area (Å²) in [5.41, 5.74) is 1.26. The van der Waals surface area contributed by atoms with Crippen molar-refractivity contribution in [1.82, 2.24) is 10.2 Å². The van der Waals surface area contributed by atoms with Crippen LogP contribution in [0.1, 0.15) is 19.8 Å². The number of nitriles is 1. The SMILES string of the molecule is CN/C=C(\C)N1CCC(C#N)CC1. The molecule has 0 aromatic heterocycles. The van der Waals surface area contributed by atoms with Gasteiger partial charge in [-0.15, -0.1) is 0 Å². The van der Waals surface area contributed by atoms with Crippen LogP contribution in [0.3, 0.4) is 0 Å². The molecule has 0 spiro atoms. The first-order valence-corrected chi connectivity index (χ1v) is 4.76. The number of piperidine rings is 1. The van der Waals surface area contributed by atoms with Crippen LogP contribution in [-0.4, -0.2) is 25.0 Å². The molecule has 1 N–H and O–H groups in total. The van der Waals surface area contributed by atoms with E-state index in [9.17, 15) is 0 Å². The zero-order valence-electron chi connectivity index (χ0n) is 8.38. The molecule has 1 rings (SSSR count). The molecule has 0 saturated carbocycles. The van der Waals surface area contributed by atoms with E-state index >= 15 is 0 Å². The van der Waals surface area contributed by atoms with Gasteiger partial charge in [0.2, 0.25) is 0 Å². The van der Waals surface area contributed by atoms with E-state index in [4.69, 9.17) is 5.26 Å². The third kappa shape index (κ3) is 2.66. The number of hydrogen-bond donors (Lipinski definition) is 1. The average Bonchev–Trinajstić information content (AvgIpc) is 2.18. The fraction of sp³-hybridized carbons (Fsp3) is 0.700. The zero-order chi connectivity index (χ0) is 9.68. The fourth-order valence-electron chi connectivity index (χ4n) is 1.66. The van der Waals surface area contributed by atoms with Gasteiger partial charge >= 0.3 is 0 Å². The summed E-state index contributed by atoms with van der Waals surface area (Å²) in [6.07, 6.45) is 4.02. The highest BCUT2D eigenvalue weighted by Crippen LogP contribution is 2.18. The molecule has 0 unspecified atom stereocenters. The van der Waals surface area contributed by atoms with Crippen molar-refractivity contribution in [1.29, 1.82) is 5.26 Å². The molecule has 0 aromatic rings. The Morgan fingerprint density at radius 2 is 2.15 bits per heavy atom. The van der Waals surface area contributed by atoms with Crippen molar-refractivity contribution in [2.75, 3.05) is 20.1 Å². The second-order valence-electron chi connectivity index (χ2n) is 3.46. The van der Waals surface area contributed by atoms with Crippen LogP contribution in [-0.2, 0) is 0 Å². The van der Waals surface area contributed by atoms with Gasteiger partial charge in [0.15, 0.2) is 0 Å². The molecule has 3 heteroatoms. The number of likely N-dealkylation sites (tertiary alicyclic amines) is 1. The Morgan fingerprint density at radius 1 is 1.54 bits per heavy atom. The lowest BCUT2D eigenvalue weighted by molar-refractivity contribution is 0.254. The van der Waals surface area contributed by atoms with Gasteiger partial charge in [0, 0.05) is 38.0 Å². The minimum atomic E-state index is 0.277. The molecule has 0 aliphatic carbocycles. The molecule has 1 aliphatic heterocycles. The summed E-state index contributed by atoms with van der Waals surface area (Å²) in [4.78, 5) is 2.32. The Kier molecular flexibility index (Phi) is 3.63. The van der Waals surface area contributed by atoms with Crippen LogP contribution in [0, 0.1) is 17.2 Å². The number of nitrogens with one attached hydrogen (secondary N) is 1. The van der Waals surface area contributed by atoms with Gasteiger partial charge < -0.3 is 10.2 Å². The minimum Gasteiger partial charge on any atom is -0.393 e. The first-order valence-electron chi connectivity index (χ1n) is 4.76. The second kappa shape index (κ2) is 4.76. The molecule has 0 radical (unpaired) electrons. The van der Waals surface area contributed by atoms with Crippen molar-refractivity contribution >= 4 is 0 Å². The molecule has 1 aliphatic rings. The molecule has 72 valence electrons. The zero-order valence-corrected chi connectivity index (χ0v) is 8.38. The molecule has 1 heterocycles. The Bertz CT molecular complexity index is 219. The Labute approximate surface area is 80.0 Å². The van der Waals surface area contributed by atoms with Crippen LogP contribution in [0.25, 0.3) is 0 Å². The van der Waals surface area contributed by atoms with Gasteiger partial charge in [0.05, 0.1) is 6.07 Å². The van der Waals surface area contributed by atoms with Crippen LogP contribution in [0.2, 0.25) is 0 Å². The van der Waals surface area contributed by atoms with Gasteiger partial charge in [-0.2, -0.15) is 5.26 Å². The van der Waals surface area contributed by atoms with Crippen LogP contribution in [0.4, 0.5) is 0 Å². The van der Waals surface area contributed by atoms with Crippen molar-refractivity contribution in [2.24, 2.45) is 5.92 Å². The number of nitrogens with zero attached hydrogens (tertiary/aromatic N) is 2. The van der Waals surface area contributed by atoms with Crippen molar-refractivity contribution in [3.63, 3.8) is 0 Å². The second-order valence-corrected chi connectivity index (χ2v) is 3.46. The van der Waals surface area contributed by atoms with Crippen molar-refractivity contribution in [2.45, 2.75) is 19.8 Å². The van der Waals surface area contributed by atoms with Gasteiger partial charge in [0.25, 0.3) is 0 Å². The molecule has 1 saturated heterocycles. The maximum Gasteiger partial charge on any atom is 0.0657 e. The summed E-state index contributed by atoms with van der Waals surface area (Å²) >= 11 is 0. The van der Waals surface area contributed by atoms with E-state index in [1.54, 1.807) is 0 Å². The Morgan fingerprint density at radius 3 is 2.62 bits per heavy atom. The first-order chi connectivity index (χ1) is 6.27. The summed E-state index contributed by atoms with van der Waals surface area (Å²) in [6.45, 7) is 4.13. The highest BCUT2D eigenvalue weighted by Gasteiger charge is 2.18. The highest BCUT2D eigenvalue weighted by molar-refractivity contribution is 4.99. The number of rotatable bonds is 2. The van der Waals surface area contributed by atoms with Crippen LogP contribution < -0.4 is 5.32 Å². The van der Waals surface area contributed by atoms with Gasteiger partial charge in [-0.1, -0.05) is 0 Å². The van der Waals surface area contributed by atoms with E-state index < -0.39 is 0 Å². The normalized spacial score (nSPS) is 19.8. The van der Waals surface area contributed by atoms with Gasteiger partial charge in [-0.25, -0.2) is 0 Å². The first kappa shape index (κ1) is 9.91. The minimum absolute atomic E-state index is 0.277. The summed E-state index contributed by atoms with van der Waals surface area (Å²) in [5.74, 6) is 0.277. The summed E-state index contributed by atoms with van der Waals surface area (Å²) < 4.78 is 0. The van der Waals surface area contributed by atoms with Crippen molar-refractivity contribution in [3.05, 3.63) is 11.9 Å². The van der Waals surface area contributed by atoms with Gasteiger partial charge in [0.1, 0.15) is 0 Å². The third-order valence-corrected chi connectivity index (χ3v) is 2.53. The Hall–Kier alpha value is -1.17. The molecule has 3 nitrogen and oxygen atoms in total. The lowest BCUT2D eigenvalue weighted by atomic mass is 9.98. The largest absolute Gasteiger partial charge is 0.393 e. The molecule has 0 aromatic carbocycles. The van der Waals surface area contributed by atoms with E-state index in [0.717, 1.165) is 25.9 Å². The molecule has 13 heavy (non-hydrogen) atoms. The highest BCUT2D eigenvalue weighted by atomic mass is 15.1. The summed E-state index contributed by atoms with van der Waals surface area (Å²) in [5, 5.41) is 11.7. The van der Waals surface area contributed by atoms with Gasteiger partial charge in [-0.05, 0) is 19.8 Å². The van der Waals surface area contributed by atoms with Crippen molar-refractivity contribution in [3.8, 4) is 6.07 Å². The smallest absolute Gasteiger partial charge is 0.0657 e. The lowest BCUT2D eigenvalue weighted by Crippen LogP contribution is -2.32. The van der Waals surface area contributed by atoms with E-state index in [1.165, 1.54) is 5.70 Å². The fourth-order valence-corrected chi connectivity index (χ4v) is 1.66. The summed E-state index contributed by atoms with van der Waals surface area (Å²) in [6, 6.07) is 2.33. The van der Waals surface area contributed by atoms with E-state index in [1.807, 2.05) is 13.2 Å². The molecule has 1 fully saturated rings. The van der Waals surface area contributed by atoms with E-state index in [-0.39, 0.29) is 5.92 Å². The third-order valence-electron chi connectivity index (χ3n) is 2.53. The van der Waals surface area contributed by atoms with Crippen LogP contribution >= 0.6 is 0 Å². The Balaban J connectivity index is 2.41.